The lowest BCUT2D eigenvalue weighted by Gasteiger charge is -2.62. The largest absolute Gasteiger partial charge is 0.504 e. The first-order valence-corrected chi connectivity index (χ1v) is 9.56. The number of carbonyl (C=O) groups is 1. The van der Waals surface area contributed by atoms with Crippen LogP contribution in [0.1, 0.15) is 43.2 Å². The van der Waals surface area contributed by atoms with E-state index in [0.717, 1.165) is 43.0 Å². The van der Waals surface area contributed by atoms with Gasteiger partial charge in [-0.1, -0.05) is 6.07 Å². The van der Waals surface area contributed by atoms with Crippen molar-refractivity contribution in [3.8, 4) is 11.5 Å². The zero-order chi connectivity index (χ0) is 17.0. The van der Waals surface area contributed by atoms with Gasteiger partial charge in [0.05, 0.1) is 11.0 Å². The first kappa shape index (κ1) is 16.8. The molecule has 0 radical (unpaired) electrons. The molecule has 0 aromatic heterocycles. The Labute approximate surface area is 158 Å². The molecular weight excluding hydrogens is 354 g/mol. The van der Waals surface area contributed by atoms with Gasteiger partial charge in [0, 0.05) is 24.6 Å². The number of piperidine rings is 1. The summed E-state index contributed by atoms with van der Waals surface area (Å²) in [7, 11) is 0. The summed E-state index contributed by atoms with van der Waals surface area (Å²) < 4.78 is 6.04. The molecule has 5 nitrogen and oxygen atoms in total. The molecular formula is C20H24ClNO4. The van der Waals surface area contributed by atoms with E-state index in [2.05, 4.69) is 4.90 Å². The van der Waals surface area contributed by atoms with Crippen LogP contribution in [-0.4, -0.2) is 51.7 Å². The SMILES string of the molecule is Cl.O=C1CC[C@]2(O)[C@@H]3Cc4ccc(O)c5c4[C@]2(CCN3CC2CC2)[C@@H]1O5. The van der Waals surface area contributed by atoms with Gasteiger partial charge in [0.1, 0.15) is 0 Å². The van der Waals surface area contributed by atoms with E-state index in [1.54, 1.807) is 6.07 Å². The number of rotatable bonds is 2. The van der Waals surface area contributed by atoms with Crippen LogP contribution in [0.5, 0.6) is 11.5 Å². The second-order valence-electron chi connectivity index (χ2n) is 8.72. The first-order valence-electron chi connectivity index (χ1n) is 9.56. The van der Waals surface area contributed by atoms with Crippen molar-refractivity contribution in [2.45, 2.75) is 61.7 Å². The molecule has 2 heterocycles. The van der Waals surface area contributed by atoms with E-state index < -0.39 is 17.1 Å². The van der Waals surface area contributed by atoms with Crippen LogP contribution in [-0.2, 0) is 16.6 Å². The minimum atomic E-state index is -0.940. The highest BCUT2D eigenvalue weighted by Crippen LogP contribution is 2.64. The molecule has 2 bridgehead atoms. The smallest absolute Gasteiger partial charge is 0.174 e. The van der Waals surface area contributed by atoms with Crippen LogP contribution in [0.2, 0.25) is 0 Å². The van der Waals surface area contributed by atoms with E-state index >= 15 is 0 Å². The van der Waals surface area contributed by atoms with Gasteiger partial charge in [-0.3, -0.25) is 9.69 Å². The predicted octanol–water partition coefficient (Wildman–Crippen LogP) is 1.95. The molecule has 0 unspecified atom stereocenters. The van der Waals surface area contributed by atoms with Crippen LogP contribution in [0, 0.1) is 5.92 Å². The maximum atomic E-state index is 12.7. The van der Waals surface area contributed by atoms with E-state index in [9.17, 15) is 15.0 Å². The Morgan fingerprint density at radius 3 is 2.85 bits per heavy atom. The molecule has 2 N–H and O–H groups in total. The Morgan fingerprint density at radius 1 is 1.27 bits per heavy atom. The lowest BCUT2D eigenvalue weighted by molar-refractivity contribution is -0.188. The molecule has 1 aromatic rings. The summed E-state index contributed by atoms with van der Waals surface area (Å²) in [5.41, 5.74) is 0.454. The number of hydrogen-bond acceptors (Lipinski definition) is 5. The molecule has 2 aliphatic heterocycles. The van der Waals surface area contributed by atoms with Crippen molar-refractivity contribution in [1.82, 2.24) is 4.90 Å². The Balaban J connectivity index is 0.00000150. The maximum Gasteiger partial charge on any atom is 0.174 e. The minimum absolute atomic E-state index is 0. The van der Waals surface area contributed by atoms with Crippen LogP contribution in [0.25, 0.3) is 0 Å². The molecule has 6 heteroatoms. The average Bonchev–Trinajstić information content (AvgIpc) is 3.32. The third-order valence-corrected chi connectivity index (χ3v) is 7.56. The maximum absolute atomic E-state index is 12.7. The first-order chi connectivity index (χ1) is 12.0. The molecule has 5 aliphatic rings. The molecule has 6 rings (SSSR count). The van der Waals surface area contributed by atoms with Gasteiger partial charge in [0.2, 0.25) is 0 Å². The number of nitrogens with zero attached hydrogens (tertiary/aromatic N) is 1. The summed E-state index contributed by atoms with van der Waals surface area (Å²) >= 11 is 0. The Morgan fingerprint density at radius 2 is 2.08 bits per heavy atom. The van der Waals surface area contributed by atoms with Gasteiger partial charge in [0.15, 0.2) is 23.4 Å². The van der Waals surface area contributed by atoms with Gasteiger partial charge in [-0.15, -0.1) is 12.4 Å². The van der Waals surface area contributed by atoms with Gasteiger partial charge in [0.25, 0.3) is 0 Å². The molecule has 4 atom stereocenters. The number of aromatic hydroxyl groups is 1. The summed E-state index contributed by atoms with van der Waals surface area (Å²) in [6, 6.07) is 3.69. The number of ketones is 1. The van der Waals surface area contributed by atoms with Crippen molar-refractivity contribution in [2.24, 2.45) is 5.92 Å². The van der Waals surface area contributed by atoms with Crippen molar-refractivity contribution < 1.29 is 19.7 Å². The van der Waals surface area contributed by atoms with E-state index in [1.165, 1.54) is 12.8 Å². The monoisotopic (exact) mass is 377 g/mol. The fourth-order valence-electron chi connectivity index (χ4n) is 6.26. The number of aliphatic hydroxyl groups is 1. The number of hydrogen-bond donors (Lipinski definition) is 2. The highest BCUT2D eigenvalue weighted by Gasteiger charge is 2.73. The zero-order valence-corrected chi connectivity index (χ0v) is 15.4. The second-order valence-corrected chi connectivity index (χ2v) is 8.72. The number of phenols is 1. The van der Waals surface area contributed by atoms with E-state index in [0.29, 0.717) is 18.6 Å². The molecule has 3 fully saturated rings. The van der Waals surface area contributed by atoms with Crippen molar-refractivity contribution in [3.05, 3.63) is 23.3 Å². The summed E-state index contributed by atoms with van der Waals surface area (Å²) in [6.07, 6.45) is 4.33. The van der Waals surface area contributed by atoms with Gasteiger partial charge in [-0.2, -0.15) is 0 Å². The highest BCUT2D eigenvalue weighted by atomic mass is 35.5. The normalized spacial score (nSPS) is 39.8. The van der Waals surface area contributed by atoms with Gasteiger partial charge in [-0.05, 0) is 56.2 Å². The number of Topliss-reactive ketones (excluding diaryl/α,β-unsaturated/α-hetero) is 1. The fourth-order valence-corrected chi connectivity index (χ4v) is 6.26. The molecule has 0 amide bonds. The predicted molar refractivity (Wildman–Crippen MR) is 97.0 cm³/mol. The molecule has 26 heavy (non-hydrogen) atoms. The topological polar surface area (TPSA) is 70.0 Å². The minimum Gasteiger partial charge on any atom is -0.504 e. The number of benzene rings is 1. The molecule has 1 saturated heterocycles. The standard InChI is InChI=1S/C20H23NO4.ClH/c22-13-4-3-12-9-15-20(24)6-5-14(23)18-19(20,16(12)17(13)25-18)7-8-21(15)10-11-1-2-11;/h3-4,11,15,18,22,24H,1-2,5-10H2;1H/t15-,18+,19+,20-;/m0./s1. The van der Waals surface area contributed by atoms with Gasteiger partial charge in [-0.25, -0.2) is 0 Å². The van der Waals surface area contributed by atoms with Gasteiger partial charge < -0.3 is 14.9 Å². The van der Waals surface area contributed by atoms with Crippen molar-refractivity contribution in [2.75, 3.05) is 13.1 Å². The lowest BCUT2D eigenvalue weighted by atomic mass is 9.49. The third kappa shape index (κ3) is 1.77. The number of carbonyl (C=O) groups excluding carboxylic acids is 1. The summed E-state index contributed by atoms with van der Waals surface area (Å²) in [4.78, 5) is 15.2. The molecule has 1 aromatic carbocycles. The second kappa shape index (κ2) is 5.15. The van der Waals surface area contributed by atoms with Crippen molar-refractivity contribution >= 4 is 18.2 Å². The molecule has 1 spiro atoms. The fraction of sp³-hybridized carbons (Fsp3) is 0.650. The lowest BCUT2D eigenvalue weighted by Crippen LogP contribution is -2.76. The van der Waals surface area contributed by atoms with Crippen molar-refractivity contribution in [3.63, 3.8) is 0 Å². The number of phenolic OH excluding ortho intramolecular Hbond substituents is 1. The van der Waals surface area contributed by atoms with E-state index in [-0.39, 0.29) is 30.0 Å². The van der Waals surface area contributed by atoms with Crippen molar-refractivity contribution in [1.29, 1.82) is 0 Å². The summed E-state index contributed by atoms with van der Waals surface area (Å²) in [5, 5.41) is 22.3. The number of ether oxygens (including phenoxy) is 1. The van der Waals surface area contributed by atoms with Crippen LogP contribution in [0.15, 0.2) is 12.1 Å². The van der Waals surface area contributed by atoms with Crippen LogP contribution >= 0.6 is 12.4 Å². The number of likely N-dealkylation sites (tertiary alicyclic amines) is 1. The summed E-state index contributed by atoms with van der Waals surface area (Å²) in [5.74, 6) is 1.39. The quantitative estimate of drug-likeness (QED) is 0.824. The molecule has 140 valence electrons. The zero-order valence-electron chi connectivity index (χ0n) is 14.6. The Bertz CT molecular complexity index is 809. The Hall–Kier alpha value is -1.30. The van der Waals surface area contributed by atoms with Crippen LogP contribution in [0.3, 0.4) is 0 Å². The number of halogens is 1. The van der Waals surface area contributed by atoms with E-state index in [4.69, 9.17) is 4.74 Å². The molecule has 2 saturated carbocycles. The summed E-state index contributed by atoms with van der Waals surface area (Å²) in [6.45, 7) is 1.95. The van der Waals surface area contributed by atoms with Crippen LogP contribution < -0.4 is 4.74 Å². The Kier molecular flexibility index (Phi) is 3.34. The van der Waals surface area contributed by atoms with Gasteiger partial charge >= 0.3 is 0 Å². The third-order valence-electron chi connectivity index (χ3n) is 7.56. The average molecular weight is 378 g/mol. The highest BCUT2D eigenvalue weighted by molar-refractivity contribution is 5.90. The molecule has 3 aliphatic carbocycles. The van der Waals surface area contributed by atoms with Crippen LogP contribution in [0.4, 0.5) is 0 Å². The van der Waals surface area contributed by atoms with E-state index in [1.807, 2.05) is 6.07 Å².